The number of rotatable bonds is 2. The number of carbonyl (C=O) groups is 1. The summed E-state index contributed by atoms with van der Waals surface area (Å²) in [6, 6.07) is 0. The van der Waals surface area contributed by atoms with Crippen molar-refractivity contribution in [3.63, 3.8) is 0 Å². The second-order valence-electron chi connectivity index (χ2n) is 5.49. The zero-order valence-corrected chi connectivity index (χ0v) is 9.58. The summed E-state index contributed by atoms with van der Waals surface area (Å²) in [6.07, 6.45) is 7.73. The van der Waals surface area contributed by atoms with Gasteiger partial charge in [-0.3, -0.25) is 0 Å². The average molecular weight is 206 g/mol. The Hall–Kier alpha value is -1.05. The van der Waals surface area contributed by atoms with E-state index in [-0.39, 0.29) is 10.8 Å². The van der Waals surface area contributed by atoms with Crippen LogP contribution in [0.15, 0.2) is 23.8 Å². The highest BCUT2D eigenvalue weighted by molar-refractivity contribution is 5.80. The molecule has 0 aromatic heterocycles. The molecule has 15 heavy (non-hydrogen) atoms. The van der Waals surface area contributed by atoms with Crippen LogP contribution in [-0.2, 0) is 4.79 Å². The van der Waals surface area contributed by atoms with E-state index in [2.05, 4.69) is 26.8 Å². The lowest BCUT2D eigenvalue weighted by Gasteiger charge is -2.36. The van der Waals surface area contributed by atoms with E-state index in [1.54, 1.807) is 6.08 Å². The minimum atomic E-state index is -0.861. The third-order valence-electron chi connectivity index (χ3n) is 4.73. The molecule has 2 rings (SSSR count). The Kier molecular flexibility index (Phi) is 2.07. The van der Waals surface area contributed by atoms with Crippen molar-refractivity contribution in [3.8, 4) is 0 Å². The second-order valence-corrected chi connectivity index (χ2v) is 5.49. The van der Waals surface area contributed by atoms with Crippen LogP contribution < -0.4 is 0 Å². The number of hydrogen-bond donors (Lipinski definition) is 1. The van der Waals surface area contributed by atoms with Crippen molar-refractivity contribution in [2.75, 3.05) is 0 Å². The molecule has 0 amide bonds. The highest BCUT2D eigenvalue weighted by atomic mass is 16.4. The van der Waals surface area contributed by atoms with E-state index < -0.39 is 5.97 Å². The number of hydrogen-bond acceptors (Lipinski definition) is 1. The van der Waals surface area contributed by atoms with Crippen LogP contribution in [-0.4, -0.2) is 11.1 Å². The Labute approximate surface area is 90.7 Å². The molecule has 0 spiro atoms. The lowest BCUT2D eigenvalue weighted by atomic mass is 9.67. The maximum atomic E-state index is 10.5. The van der Waals surface area contributed by atoms with Crippen molar-refractivity contribution in [3.05, 3.63) is 23.8 Å². The van der Waals surface area contributed by atoms with Gasteiger partial charge in [-0.2, -0.15) is 0 Å². The minimum absolute atomic E-state index is 0.170. The molecule has 0 saturated heterocycles. The van der Waals surface area contributed by atoms with E-state index in [1.807, 2.05) is 0 Å². The summed E-state index contributed by atoms with van der Waals surface area (Å²) in [7, 11) is 0. The summed E-state index contributed by atoms with van der Waals surface area (Å²) < 4.78 is 0. The molecule has 2 aliphatic carbocycles. The Balaban J connectivity index is 2.31. The van der Waals surface area contributed by atoms with Gasteiger partial charge in [0.1, 0.15) is 0 Å². The third-order valence-corrected chi connectivity index (χ3v) is 4.73. The van der Waals surface area contributed by atoms with Gasteiger partial charge in [-0.25, -0.2) is 4.79 Å². The SMILES string of the molecule is CC12CCC(C=C1C=CC(=O)O)C2(C)C. The molecule has 1 saturated carbocycles. The summed E-state index contributed by atoms with van der Waals surface area (Å²) in [6.45, 7) is 6.85. The van der Waals surface area contributed by atoms with Gasteiger partial charge in [-0.15, -0.1) is 0 Å². The monoisotopic (exact) mass is 206 g/mol. The molecule has 2 unspecified atom stereocenters. The number of carboxylic acids is 1. The largest absolute Gasteiger partial charge is 0.478 e. The van der Waals surface area contributed by atoms with Crippen LogP contribution >= 0.6 is 0 Å². The van der Waals surface area contributed by atoms with Crippen LogP contribution in [0.1, 0.15) is 33.6 Å². The molecule has 2 nitrogen and oxygen atoms in total. The van der Waals surface area contributed by atoms with Crippen LogP contribution in [0.2, 0.25) is 0 Å². The summed E-state index contributed by atoms with van der Waals surface area (Å²) in [5.74, 6) is -0.240. The van der Waals surface area contributed by atoms with E-state index in [0.29, 0.717) is 5.92 Å². The van der Waals surface area contributed by atoms with Gasteiger partial charge in [0.15, 0.2) is 0 Å². The summed E-state index contributed by atoms with van der Waals surface area (Å²) in [4.78, 5) is 10.5. The summed E-state index contributed by atoms with van der Waals surface area (Å²) in [5, 5.41) is 8.64. The first-order valence-corrected chi connectivity index (χ1v) is 5.51. The van der Waals surface area contributed by atoms with Gasteiger partial charge < -0.3 is 5.11 Å². The number of carboxylic acid groups (broad SMARTS) is 1. The zero-order valence-electron chi connectivity index (χ0n) is 9.58. The Morgan fingerprint density at radius 1 is 1.53 bits per heavy atom. The number of aliphatic carboxylic acids is 1. The molecule has 0 aromatic carbocycles. The highest BCUT2D eigenvalue weighted by Crippen LogP contribution is 2.65. The van der Waals surface area contributed by atoms with E-state index in [1.165, 1.54) is 24.5 Å². The second kappa shape index (κ2) is 2.97. The third kappa shape index (κ3) is 1.27. The van der Waals surface area contributed by atoms with Gasteiger partial charge in [0.2, 0.25) is 0 Å². The Morgan fingerprint density at radius 2 is 2.20 bits per heavy atom. The van der Waals surface area contributed by atoms with Gasteiger partial charge in [0.25, 0.3) is 0 Å². The van der Waals surface area contributed by atoms with Gasteiger partial charge in [-0.05, 0) is 35.2 Å². The van der Waals surface area contributed by atoms with Crippen molar-refractivity contribution >= 4 is 5.97 Å². The molecular formula is C13H18O2. The number of fused-ring (bicyclic) bond motifs is 2. The molecular weight excluding hydrogens is 188 g/mol. The van der Waals surface area contributed by atoms with Crippen LogP contribution in [0.4, 0.5) is 0 Å². The summed E-state index contributed by atoms with van der Waals surface area (Å²) >= 11 is 0. The Morgan fingerprint density at radius 3 is 2.60 bits per heavy atom. The highest BCUT2D eigenvalue weighted by Gasteiger charge is 2.56. The van der Waals surface area contributed by atoms with Crippen molar-refractivity contribution < 1.29 is 9.90 Å². The van der Waals surface area contributed by atoms with Crippen molar-refractivity contribution in [1.82, 2.24) is 0 Å². The first-order chi connectivity index (χ1) is 6.88. The first-order valence-electron chi connectivity index (χ1n) is 5.51. The van der Waals surface area contributed by atoms with Gasteiger partial charge in [0, 0.05) is 6.08 Å². The van der Waals surface area contributed by atoms with Gasteiger partial charge >= 0.3 is 5.97 Å². The molecule has 0 aliphatic heterocycles. The summed E-state index contributed by atoms with van der Waals surface area (Å²) in [5.41, 5.74) is 1.67. The standard InChI is InChI=1S/C13H18O2/c1-12(2)9-6-7-13(12,3)10(8-9)4-5-11(14)15/h4-5,8-9H,6-7H2,1-3H3,(H,14,15). The van der Waals surface area contributed by atoms with E-state index in [0.717, 1.165) is 0 Å². The number of allylic oxidation sites excluding steroid dienone is 3. The molecule has 0 radical (unpaired) electrons. The van der Waals surface area contributed by atoms with Crippen LogP contribution in [0, 0.1) is 16.7 Å². The smallest absolute Gasteiger partial charge is 0.328 e. The van der Waals surface area contributed by atoms with Crippen LogP contribution in [0.25, 0.3) is 0 Å². The lowest BCUT2D eigenvalue weighted by molar-refractivity contribution is -0.131. The maximum Gasteiger partial charge on any atom is 0.328 e. The van der Waals surface area contributed by atoms with Crippen molar-refractivity contribution in [1.29, 1.82) is 0 Å². The fourth-order valence-corrected chi connectivity index (χ4v) is 3.15. The molecule has 1 fully saturated rings. The molecule has 0 heterocycles. The lowest BCUT2D eigenvalue weighted by Crippen LogP contribution is -2.29. The van der Waals surface area contributed by atoms with Gasteiger partial charge in [-0.1, -0.05) is 32.9 Å². The average Bonchev–Trinajstić information content (AvgIpc) is 2.46. The van der Waals surface area contributed by atoms with Crippen molar-refractivity contribution in [2.45, 2.75) is 33.6 Å². The predicted molar refractivity (Wildman–Crippen MR) is 59.5 cm³/mol. The molecule has 82 valence electrons. The Bertz CT molecular complexity index is 363. The maximum absolute atomic E-state index is 10.5. The van der Waals surface area contributed by atoms with Crippen molar-refractivity contribution in [2.24, 2.45) is 16.7 Å². The molecule has 2 heteroatoms. The fraction of sp³-hybridized carbons (Fsp3) is 0.615. The molecule has 2 aliphatic rings. The minimum Gasteiger partial charge on any atom is -0.478 e. The van der Waals surface area contributed by atoms with E-state index >= 15 is 0 Å². The van der Waals surface area contributed by atoms with E-state index in [9.17, 15) is 4.79 Å². The van der Waals surface area contributed by atoms with E-state index in [4.69, 9.17) is 5.11 Å². The quantitative estimate of drug-likeness (QED) is 0.705. The fourth-order valence-electron chi connectivity index (χ4n) is 3.15. The normalized spacial score (nSPS) is 37.3. The van der Waals surface area contributed by atoms with Crippen LogP contribution in [0.5, 0.6) is 0 Å². The zero-order chi connectivity index (χ0) is 11.3. The van der Waals surface area contributed by atoms with Crippen LogP contribution in [0.3, 0.4) is 0 Å². The molecule has 0 aromatic rings. The topological polar surface area (TPSA) is 37.3 Å². The molecule has 2 atom stereocenters. The van der Waals surface area contributed by atoms with Gasteiger partial charge in [0.05, 0.1) is 0 Å². The predicted octanol–water partition coefficient (Wildman–Crippen LogP) is 3.01. The first kappa shape index (κ1) is 10.5. The molecule has 2 bridgehead atoms. The molecule has 1 N–H and O–H groups in total.